The molecule has 1 N–H and O–H groups in total. The van der Waals surface area contributed by atoms with Crippen molar-refractivity contribution in [1.82, 2.24) is 10.2 Å². The van der Waals surface area contributed by atoms with E-state index in [9.17, 15) is 4.79 Å². The second-order valence-corrected chi connectivity index (χ2v) is 6.78. The van der Waals surface area contributed by atoms with E-state index in [0.29, 0.717) is 18.9 Å². The van der Waals surface area contributed by atoms with Crippen LogP contribution in [0, 0.1) is 5.92 Å². The monoisotopic (exact) mass is 334 g/mol. The van der Waals surface area contributed by atoms with Gasteiger partial charge in [-0.3, -0.25) is 9.69 Å². The molecule has 5 heteroatoms. The van der Waals surface area contributed by atoms with Crippen molar-refractivity contribution in [3.05, 3.63) is 23.8 Å². The Morgan fingerprint density at radius 2 is 1.83 bits per heavy atom. The fraction of sp³-hybridized carbons (Fsp3) is 0.632. The maximum absolute atomic E-state index is 12.1. The molecule has 1 aliphatic heterocycles. The van der Waals surface area contributed by atoms with Crippen LogP contribution in [0.2, 0.25) is 0 Å². The molecule has 1 unspecified atom stereocenters. The number of hydrogen-bond donors (Lipinski definition) is 1. The lowest BCUT2D eigenvalue weighted by molar-refractivity contribution is -0.122. The predicted octanol–water partition coefficient (Wildman–Crippen LogP) is 3.00. The van der Waals surface area contributed by atoms with E-state index in [1.807, 2.05) is 12.1 Å². The minimum absolute atomic E-state index is 0.120. The van der Waals surface area contributed by atoms with Crippen LogP contribution in [0.25, 0.3) is 0 Å². The van der Waals surface area contributed by atoms with Crippen LogP contribution >= 0.6 is 0 Å². The van der Waals surface area contributed by atoms with Crippen LogP contribution in [0.3, 0.4) is 0 Å². The molecule has 1 saturated heterocycles. The zero-order valence-electron chi connectivity index (χ0n) is 15.3. The molecule has 1 heterocycles. The van der Waals surface area contributed by atoms with Gasteiger partial charge in [-0.2, -0.15) is 0 Å². The Bertz CT molecular complexity index is 539. The Morgan fingerprint density at radius 1 is 1.17 bits per heavy atom. The van der Waals surface area contributed by atoms with E-state index in [1.54, 1.807) is 14.2 Å². The van der Waals surface area contributed by atoms with Crippen molar-refractivity contribution in [3.8, 4) is 11.5 Å². The second kappa shape index (κ2) is 8.92. The van der Waals surface area contributed by atoms with Gasteiger partial charge in [-0.25, -0.2) is 0 Å². The van der Waals surface area contributed by atoms with Crippen molar-refractivity contribution in [1.29, 1.82) is 0 Å². The lowest BCUT2D eigenvalue weighted by atomic mass is 10.0. The second-order valence-electron chi connectivity index (χ2n) is 6.78. The quantitative estimate of drug-likeness (QED) is 0.794. The van der Waals surface area contributed by atoms with Gasteiger partial charge in [0.15, 0.2) is 11.5 Å². The molecule has 0 bridgehead atoms. The summed E-state index contributed by atoms with van der Waals surface area (Å²) in [6.45, 7) is 6.89. The topological polar surface area (TPSA) is 50.8 Å². The Hall–Kier alpha value is -1.75. The summed E-state index contributed by atoms with van der Waals surface area (Å²) < 4.78 is 10.8. The Morgan fingerprint density at radius 3 is 2.42 bits per heavy atom. The van der Waals surface area contributed by atoms with Crippen molar-refractivity contribution in [3.63, 3.8) is 0 Å². The number of amides is 1. The highest BCUT2D eigenvalue weighted by Crippen LogP contribution is 2.33. The predicted molar refractivity (Wildman–Crippen MR) is 95.6 cm³/mol. The van der Waals surface area contributed by atoms with E-state index in [2.05, 4.69) is 30.1 Å². The van der Waals surface area contributed by atoms with Crippen LogP contribution in [0.5, 0.6) is 11.5 Å². The van der Waals surface area contributed by atoms with Gasteiger partial charge >= 0.3 is 0 Å². The summed E-state index contributed by atoms with van der Waals surface area (Å²) in [5.74, 6) is 1.95. The number of carbonyl (C=O) groups is 1. The molecule has 0 aromatic heterocycles. The van der Waals surface area contributed by atoms with Gasteiger partial charge in [0.05, 0.1) is 20.3 Å². The lowest BCUT2D eigenvalue weighted by Crippen LogP contribution is -2.37. The molecule has 1 aliphatic rings. The number of nitrogens with one attached hydrogen (secondary N) is 1. The summed E-state index contributed by atoms with van der Waals surface area (Å²) in [6, 6.07) is 6.20. The fourth-order valence-electron chi connectivity index (χ4n) is 3.22. The van der Waals surface area contributed by atoms with Gasteiger partial charge in [-0.1, -0.05) is 19.9 Å². The third kappa shape index (κ3) is 4.87. The van der Waals surface area contributed by atoms with Crippen molar-refractivity contribution in [2.75, 3.05) is 33.9 Å². The fourth-order valence-corrected chi connectivity index (χ4v) is 3.22. The molecule has 1 aromatic carbocycles. The van der Waals surface area contributed by atoms with Gasteiger partial charge in [0.2, 0.25) is 5.91 Å². The summed E-state index contributed by atoms with van der Waals surface area (Å²) in [5.41, 5.74) is 1.15. The summed E-state index contributed by atoms with van der Waals surface area (Å²) in [6.07, 6.45) is 2.99. The molecule has 1 aromatic rings. The first kappa shape index (κ1) is 18.6. The highest BCUT2D eigenvalue weighted by atomic mass is 16.5. The van der Waals surface area contributed by atoms with E-state index in [1.165, 1.54) is 12.8 Å². The molecule has 2 rings (SSSR count). The maximum atomic E-state index is 12.1. The zero-order chi connectivity index (χ0) is 17.5. The number of ether oxygens (including phenoxy) is 2. The number of benzene rings is 1. The highest BCUT2D eigenvalue weighted by Gasteiger charge is 2.25. The molecule has 1 amide bonds. The summed E-state index contributed by atoms with van der Waals surface area (Å²) in [5, 5.41) is 3.10. The molecular weight excluding hydrogens is 304 g/mol. The molecule has 1 atom stereocenters. The molecule has 24 heavy (non-hydrogen) atoms. The molecule has 134 valence electrons. The largest absolute Gasteiger partial charge is 0.493 e. The minimum Gasteiger partial charge on any atom is -0.493 e. The first-order valence-corrected chi connectivity index (χ1v) is 8.77. The first-order valence-electron chi connectivity index (χ1n) is 8.77. The summed E-state index contributed by atoms with van der Waals surface area (Å²) in [4.78, 5) is 14.5. The Kier molecular flexibility index (Phi) is 6.91. The SMILES string of the molecule is COc1ccc(C(CNC(=O)CC(C)C)N2CCCC2)cc1OC. The van der Waals surface area contributed by atoms with E-state index in [4.69, 9.17) is 9.47 Å². The Labute approximate surface area is 145 Å². The van der Waals surface area contributed by atoms with Gasteiger partial charge < -0.3 is 14.8 Å². The van der Waals surface area contributed by atoms with Crippen molar-refractivity contribution in [2.24, 2.45) is 5.92 Å². The standard InChI is InChI=1S/C19H30N2O3/c1-14(2)11-19(22)20-13-16(21-9-5-6-10-21)15-7-8-17(23-3)18(12-15)24-4/h7-8,12,14,16H,5-6,9-11,13H2,1-4H3,(H,20,22). The average Bonchev–Trinajstić information content (AvgIpc) is 3.08. The van der Waals surface area contributed by atoms with Crippen LogP contribution < -0.4 is 14.8 Å². The van der Waals surface area contributed by atoms with E-state index in [0.717, 1.165) is 30.2 Å². The number of rotatable bonds is 8. The van der Waals surface area contributed by atoms with Crippen LogP contribution in [0.15, 0.2) is 18.2 Å². The molecule has 5 nitrogen and oxygen atoms in total. The van der Waals surface area contributed by atoms with Gasteiger partial charge in [0, 0.05) is 13.0 Å². The summed E-state index contributed by atoms with van der Waals surface area (Å²) >= 11 is 0. The zero-order valence-corrected chi connectivity index (χ0v) is 15.3. The van der Waals surface area contributed by atoms with Gasteiger partial charge in [0.1, 0.15) is 0 Å². The van der Waals surface area contributed by atoms with Crippen LogP contribution in [0.1, 0.15) is 44.7 Å². The van der Waals surface area contributed by atoms with E-state index < -0.39 is 0 Å². The van der Waals surface area contributed by atoms with E-state index in [-0.39, 0.29) is 11.9 Å². The molecule has 0 saturated carbocycles. The third-order valence-corrected chi connectivity index (χ3v) is 4.46. The van der Waals surface area contributed by atoms with Crippen LogP contribution in [0.4, 0.5) is 0 Å². The normalized spacial score (nSPS) is 16.2. The van der Waals surface area contributed by atoms with Gasteiger partial charge in [-0.15, -0.1) is 0 Å². The van der Waals surface area contributed by atoms with Crippen LogP contribution in [-0.2, 0) is 4.79 Å². The van der Waals surface area contributed by atoms with Crippen molar-refractivity contribution in [2.45, 2.75) is 39.2 Å². The minimum atomic E-state index is 0.120. The molecule has 0 spiro atoms. The lowest BCUT2D eigenvalue weighted by Gasteiger charge is -2.29. The maximum Gasteiger partial charge on any atom is 0.220 e. The van der Waals surface area contributed by atoms with Crippen molar-refractivity contribution < 1.29 is 14.3 Å². The number of likely N-dealkylation sites (tertiary alicyclic amines) is 1. The number of methoxy groups -OCH3 is 2. The van der Waals surface area contributed by atoms with Gasteiger partial charge in [0.25, 0.3) is 0 Å². The van der Waals surface area contributed by atoms with Crippen molar-refractivity contribution >= 4 is 5.91 Å². The number of hydrogen-bond acceptors (Lipinski definition) is 4. The molecule has 1 fully saturated rings. The average molecular weight is 334 g/mol. The smallest absolute Gasteiger partial charge is 0.220 e. The highest BCUT2D eigenvalue weighted by molar-refractivity contribution is 5.76. The molecular formula is C19H30N2O3. The van der Waals surface area contributed by atoms with Gasteiger partial charge in [-0.05, 0) is 49.5 Å². The van der Waals surface area contributed by atoms with Crippen LogP contribution in [-0.4, -0.2) is 44.7 Å². The number of nitrogens with zero attached hydrogens (tertiary/aromatic N) is 1. The first-order chi connectivity index (χ1) is 11.5. The number of carbonyl (C=O) groups excluding carboxylic acids is 1. The molecule has 0 aliphatic carbocycles. The Balaban J connectivity index is 2.15. The third-order valence-electron chi connectivity index (χ3n) is 4.46. The molecule has 0 radical (unpaired) electrons. The van der Waals surface area contributed by atoms with E-state index >= 15 is 0 Å². The summed E-state index contributed by atoms with van der Waals surface area (Å²) in [7, 11) is 3.29.